The van der Waals surface area contributed by atoms with E-state index in [1.165, 1.54) is 6.20 Å². The van der Waals surface area contributed by atoms with E-state index < -0.39 is 0 Å². The molecule has 2 heterocycles. The van der Waals surface area contributed by atoms with Gasteiger partial charge in [0.1, 0.15) is 11.6 Å². The van der Waals surface area contributed by atoms with Gasteiger partial charge in [-0.15, -0.1) is 0 Å². The van der Waals surface area contributed by atoms with E-state index in [1.54, 1.807) is 7.11 Å². The maximum absolute atomic E-state index is 12.7. The van der Waals surface area contributed by atoms with Gasteiger partial charge in [-0.25, -0.2) is 4.98 Å². The number of rotatable bonds is 5. The maximum atomic E-state index is 12.7. The van der Waals surface area contributed by atoms with Gasteiger partial charge in [-0.3, -0.25) is 9.89 Å². The number of imidazole rings is 1. The van der Waals surface area contributed by atoms with Crippen molar-refractivity contribution in [1.82, 2.24) is 25.1 Å². The number of aromatic nitrogens is 4. The van der Waals surface area contributed by atoms with Gasteiger partial charge < -0.3 is 14.6 Å². The minimum absolute atomic E-state index is 0.191. The standard InChI is InChI=1S/C21H21N5O2/c1-13-24-18-9-14(7-8-19(18)26(13)2)11-22-21(27)17-12-23-25-20(17)15-5-4-6-16(10-15)28-3/h4-10,12H,11H2,1-3H3,(H,22,27)(H,23,25). The number of aryl methyl sites for hydroxylation is 2. The fraction of sp³-hybridized carbons (Fsp3) is 0.190. The molecule has 0 aliphatic carbocycles. The maximum Gasteiger partial charge on any atom is 0.255 e. The van der Waals surface area contributed by atoms with Gasteiger partial charge in [0.15, 0.2) is 0 Å². The number of nitrogens with one attached hydrogen (secondary N) is 2. The minimum atomic E-state index is -0.191. The van der Waals surface area contributed by atoms with Gasteiger partial charge in [0.2, 0.25) is 0 Å². The molecular weight excluding hydrogens is 354 g/mol. The molecule has 0 fully saturated rings. The summed E-state index contributed by atoms with van der Waals surface area (Å²) >= 11 is 0. The molecule has 4 rings (SSSR count). The normalized spacial score (nSPS) is 11.0. The number of amides is 1. The molecule has 0 spiro atoms. The summed E-state index contributed by atoms with van der Waals surface area (Å²) in [6, 6.07) is 13.5. The molecule has 0 unspecified atom stereocenters. The van der Waals surface area contributed by atoms with Crippen molar-refractivity contribution in [1.29, 1.82) is 0 Å². The Bertz CT molecular complexity index is 1160. The molecule has 28 heavy (non-hydrogen) atoms. The second-order valence-electron chi connectivity index (χ2n) is 6.61. The van der Waals surface area contributed by atoms with Crippen molar-refractivity contribution in [2.24, 2.45) is 7.05 Å². The Balaban J connectivity index is 1.53. The highest BCUT2D eigenvalue weighted by molar-refractivity contribution is 5.99. The summed E-state index contributed by atoms with van der Waals surface area (Å²) in [6.07, 6.45) is 1.54. The van der Waals surface area contributed by atoms with Crippen molar-refractivity contribution in [3.63, 3.8) is 0 Å². The Morgan fingerprint density at radius 1 is 1.25 bits per heavy atom. The lowest BCUT2D eigenvalue weighted by Gasteiger charge is -2.07. The molecule has 2 N–H and O–H groups in total. The Morgan fingerprint density at radius 3 is 2.93 bits per heavy atom. The van der Waals surface area contributed by atoms with Crippen LogP contribution in [0.2, 0.25) is 0 Å². The van der Waals surface area contributed by atoms with Crippen LogP contribution in [0.1, 0.15) is 21.7 Å². The van der Waals surface area contributed by atoms with Crippen LogP contribution in [0.3, 0.4) is 0 Å². The van der Waals surface area contributed by atoms with Gasteiger partial charge in [0, 0.05) is 19.2 Å². The fourth-order valence-corrected chi connectivity index (χ4v) is 3.21. The minimum Gasteiger partial charge on any atom is -0.497 e. The summed E-state index contributed by atoms with van der Waals surface area (Å²) in [5.74, 6) is 1.48. The smallest absolute Gasteiger partial charge is 0.255 e. The first-order valence-corrected chi connectivity index (χ1v) is 8.95. The third-order valence-corrected chi connectivity index (χ3v) is 4.86. The second kappa shape index (κ2) is 7.19. The van der Waals surface area contributed by atoms with Crippen molar-refractivity contribution in [2.75, 3.05) is 7.11 Å². The average molecular weight is 375 g/mol. The van der Waals surface area contributed by atoms with Crippen molar-refractivity contribution in [2.45, 2.75) is 13.5 Å². The molecule has 0 aliphatic rings. The number of nitrogens with zero attached hydrogens (tertiary/aromatic N) is 3. The molecule has 4 aromatic rings. The molecule has 0 saturated carbocycles. The van der Waals surface area contributed by atoms with Gasteiger partial charge in [0.25, 0.3) is 5.91 Å². The monoisotopic (exact) mass is 375 g/mol. The van der Waals surface area contributed by atoms with Crippen LogP contribution in [0, 0.1) is 6.92 Å². The molecule has 142 valence electrons. The van der Waals surface area contributed by atoms with E-state index in [0.717, 1.165) is 33.7 Å². The highest BCUT2D eigenvalue weighted by Crippen LogP contribution is 2.25. The van der Waals surface area contributed by atoms with Crippen LogP contribution in [0.15, 0.2) is 48.7 Å². The van der Waals surface area contributed by atoms with E-state index in [0.29, 0.717) is 17.8 Å². The number of ether oxygens (including phenoxy) is 1. The van der Waals surface area contributed by atoms with E-state index in [2.05, 4.69) is 20.5 Å². The zero-order chi connectivity index (χ0) is 19.7. The summed E-state index contributed by atoms with van der Waals surface area (Å²) in [7, 11) is 3.60. The van der Waals surface area contributed by atoms with Gasteiger partial charge in [0.05, 0.1) is 35.6 Å². The predicted molar refractivity (Wildman–Crippen MR) is 107 cm³/mol. The molecule has 0 saturated heterocycles. The number of methoxy groups -OCH3 is 1. The molecular formula is C21H21N5O2. The molecule has 7 heteroatoms. The number of aromatic amines is 1. The van der Waals surface area contributed by atoms with Gasteiger partial charge >= 0.3 is 0 Å². The predicted octanol–water partition coefficient (Wildman–Crippen LogP) is 3.21. The summed E-state index contributed by atoms with van der Waals surface area (Å²) in [5.41, 5.74) is 4.97. The van der Waals surface area contributed by atoms with E-state index in [-0.39, 0.29) is 5.91 Å². The number of fused-ring (bicyclic) bond motifs is 1. The Kier molecular flexibility index (Phi) is 4.57. The highest BCUT2D eigenvalue weighted by Gasteiger charge is 2.16. The zero-order valence-electron chi connectivity index (χ0n) is 16.0. The number of hydrogen-bond acceptors (Lipinski definition) is 4. The lowest BCUT2D eigenvalue weighted by atomic mass is 10.1. The van der Waals surface area contributed by atoms with Crippen LogP contribution >= 0.6 is 0 Å². The number of hydrogen-bond donors (Lipinski definition) is 2. The Hall–Kier alpha value is -3.61. The van der Waals surface area contributed by atoms with Crippen LogP contribution in [-0.4, -0.2) is 32.8 Å². The van der Waals surface area contributed by atoms with Gasteiger partial charge in [-0.05, 0) is 36.8 Å². The molecule has 0 aliphatic heterocycles. The quantitative estimate of drug-likeness (QED) is 0.561. The summed E-state index contributed by atoms with van der Waals surface area (Å²) < 4.78 is 7.31. The average Bonchev–Trinajstić information content (AvgIpc) is 3.31. The van der Waals surface area contributed by atoms with Crippen molar-refractivity contribution in [3.8, 4) is 17.0 Å². The summed E-state index contributed by atoms with van der Waals surface area (Å²) in [5, 5.41) is 9.91. The van der Waals surface area contributed by atoms with Crippen molar-refractivity contribution >= 4 is 16.9 Å². The highest BCUT2D eigenvalue weighted by atomic mass is 16.5. The molecule has 7 nitrogen and oxygen atoms in total. The van der Waals surface area contributed by atoms with E-state index in [1.807, 2.05) is 61.0 Å². The molecule has 0 atom stereocenters. The Labute approximate surface area is 162 Å². The molecule has 0 bridgehead atoms. The molecule has 0 radical (unpaired) electrons. The number of carbonyl (C=O) groups excluding carboxylic acids is 1. The molecule has 1 amide bonds. The third-order valence-electron chi connectivity index (χ3n) is 4.86. The molecule has 2 aromatic carbocycles. The summed E-state index contributed by atoms with van der Waals surface area (Å²) in [6.45, 7) is 2.38. The topological polar surface area (TPSA) is 84.8 Å². The second-order valence-corrected chi connectivity index (χ2v) is 6.61. The lowest BCUT2D eigenvalue weighted by Crippen LogP contribution is -2.23. The Morgan fingerprint density at radius 2 is 2.11 bits per heavy atom. The largest absolute Gasteiger partial charge is 0.497 e. The fourth-order valence-electron chi connectivity index (χ4n) is 3.21. The third kappa shape index (κ3) is 3.22. The van der Waals surface area contributed by atoms with Crippen LogP contribution in [-0.2, 0) is 13.6 Å². The van der Waals surface area contributed by atoms with Crippen molar-refractivity contribution in [3.05, 3.63) is 65.6 Å². The first-order chi connectivity index (χ1) is 13.6. The first-order valence-electron chi connectivity index (χ1n) is 8.95. The van der Waals surface area contributed by atoms with Gasteiger partial charge in [-0.1, -0.05) is 18.2 Å². The number of H-pyrrole nitrogens is 1. The van der Waals surface area contributed by atoms with Crippen LogP contribution in [0.4, 0.5) is 0 Å². The SMILES string of the molecule is COc1cccc(-c2[nH]ncc2C(=O)NCc2ccc3c(c2)nc(C)n3C)c1. The first kappa shape index (κ1) is 17.8. The summed E-state index contributed by atoms with van der Waals surface area (Å²) in [4.78, 5) is 17.3. The lowest BCUT2D eigenvalue weighted by molar-refractivity contribution is 0.0951. The molecule has 2 aromatic heterocycles. The van der Waals surface area contributed by atoms with Crippen LogP contribution < -0.4 is 10.1 Å². The number of benzene rings is 2. The van der Waals surface area contributed by atoms with Crippen LogP contribution in [0.25, 0.3) is 22.3 Å². The van der Waals surface area contributed by atoms with Crippen molar-refractivity contribution < 1.29 is 9.53 Å². The number of carbonyl (C=O) groups is 1. The van der Waals surface area contributed by atoms with Crippen LogP contribution in [0.5, 0.6) is 5.75 Å². The van der Waals surface area contributed by atoms with E-state index in [9.17, 15) is 4.79 Å². The van der Waals surface area contributed by atoms with E-state index in [4.69, 9.17) is 4.74 Å². The zero-order valence-corrected chi connectivity index (χ0v) is 16.0. The van der Waals surface area contributed by atoms with E-state index >= 15 is 0 Å². The van der Waals surface area contributed by atoms with Gasteiger partial charge in [-0.2, -0.15) is 5.10 Å².